The number of carbonyl (C=O) groups is 3. The fourth-order valence-corrected chi connectivity index (χ4v) is 11.0. The van der Waals surface area contributed by atoms with Gasteiger partial charge in [-0.25, -0.2) is 0 Å². The van der Waals surface area contributed by atoms with Crippen molar-refractivity contribution in [1.82, 2.24) is 4.98 Å². The van der Waals surface area contributed by atoms with E-state index in [9.17, 15) is 19.2 Å². The number of aromatic amines is 1. The standard InChI is InChI=1S/C35H31N3O6S2/c1-17-3-9-20(10-4-17)38-33(40)28-23-15-24(29(28)34(38)41)30-27(23)26(31-32(45-30)37-35(42)46-31)18-5-11-22(12-6-18)44-16-25(39)36-19-7-13-21(43-2)14-8-19/h3-14,23-24,26-30H,15-16H2,1-2H3,(H,36,39)(H,37,42)/t23?,24?,26-,27?,28?,29?,30?/m1/s1. The molecule has 9 nitrogen and oxygen atoms in total. The van der Waals surface area contributed by atoms with Gasteiger partial charge in [-0.3, -0.25) is 24.1 Å². The molecule has 4 aromatic rings. The molecule has 0 radical (unpaired) electrons. The number of amides is 3. The van der Waals surface area contributed by atoms with E-state index < -0.39 is 0 Å². The highest BCUT2D eigenvalue weighted by Gasteiger charge is 2.69. The maximum Gasteiger partial charge on any atom is 0.305 e. The van der Waals surface area contributed by atoms with Crippen molar-refractivity contribution in [2.45, 2.75) is 29.5 Å². The van der Waals surface area contributed by atoms with Gasteiger partial charge in [-0.15, -0.1) is 11.8 Å². The van der Waals surface area contributed by atoms with Crippen LogP contribution in [-0.4, -0.2) is 41.7 Å². The normalized spacial score (nSPS) is 27.3. The van der Waals surface area contributed by atoms with Crippen molar-refractivity contribution in [1.29, 1.82) is 0 Å². The van der Waals surface area contributed by atoms with Gasteiger partial charge in [0.15, 0.2) is 6.61 Å². The number of nitrogens with zero attached hydrogens (tertiary/aromatic N) is 1. The molecular weight excluding hydrogens is 623 g/mol. The van der Waals surface area contributed by atoms with E-state index in [-0.39, 0.29) is 70.0 Å². The first-order valence-electron chi connectivity index (χ1n) is 15.3. The average molecular weight is 654 g/mol. The van der Waals surface area contributed by atoms with Crippen LogP contribution in [0.5, 0.6) is 11.5 Å². The molecule has 11 heteroatoms. The van der Waals surface area contributed by atoms with Gasteiger partial charge in [0.1, 0.15) is 11.5 Å². The molecule has 2 aliphatic heterocycles. The maximum absolute atomic E-state index is 13.9. The Morgan fingerprint density at radius 3 is 2.28 bits per heavy atom. The van der Waals surface area contributed by atoms with Crippen LogP contribution in [0.4, 0.5) is 11.4 Å². The van der Waals surface area contributed by atoms with E-state index in [4.69, 9.17) is 9.47 Å². The number of methoxy groups -OCH3 is 1. The summed E-state index contributed by atoms with van der Waals surface area (Å²) < 4.78 is 11.0. The lowest BCUT2D eigenvalue weighted by Crippen LogP contribution is -2.42. The number of fused-ring (bicyclic) bond motifs is 9. The summed E-state index contributed by atoms with van der Waals surface area (Å²) in [6.07, 6.45) is 0.830. The lowest BCUT2D eigenvalue weighted by atomic mass is 9.68. The molecule has 1 aromatic heterocycles. The van der Waals surface area contributed by atoms with Crippen molar-refractivity contribution in [3.63, 3.8) is 0 Å². The SMILES string of the molecule is COc1ccc(NC(=O)COc2ccc([C@H]3c4sc(=O)[nH]c4SC4C5CC(C6C(=O)N(c7ccc(C)cc7)C(=O)C56)C43)cc2)cc1. The Balaban J connectivity index is 1.04. The minimum atomic E-state index is -0.354. The molecule has 4 aliphatic rings. The van der Waals surface area contributed by atoms with Crippen molar-refractivity contribution in [2.24, 2.45) is 29.6 Å². The van der Waals surface area contributed by atoms with Crippen molar-refractivity contribution in [2.75, 3.05) is 23.9 Å². The number of thioether (sulfide) groups is 1. The number of rotatable bonds is 7. The van der Waals surface area contributed by atoms with Crippen LogP contribution >= 0.6 is 23.1 Å². The third-order valence-electron chi connectivity index (χ3n) is 10.00. The number of thiazole rings is 1. The van der Waals surface area contributed by atoms with Crippen LogP contribution in [0, 0.1) is 36.5 Å². The molecule has 234 valence electrons. The summed E-state index contributed by atoms with van der Waals surface area (Å²) in [6.45, 7) is 1.83. The molecule has 3 fully saturated rings. The zero-order valence-corrected chi connectivity index (χ0v) is 26.7. The monoisotopic (exact) mass is 653 g/mol. The van der Waals surface area contributed by atoms with Gasteiger partial charge in [-0.1, -0.05) is 41.2 Å². The Hall–Kier alpha value is -4.35. The molecule has 7 atom stereocenters. The minimum absolute atomic E-state index is 0.0346. The molecule has 0 spiro atoms. The number of imide groups is 1. The molecule has 8 rings (SSSR count). The second kappa shape index (κ2) is 11.2. The van der Waals surface area contributed by atoms with Crippen molar-refractivity contribution >= 4 is 52.2 Å². The lowest BCUT2D eigenvalue weighted by Gasteiger charge is -2.43. The number of aromatic nitrogens is 1. The Morgan fingerprint density at radius 1 is 0.913 bits per heavy atom. The molecule has 2 N–H and O–H groups in total. The van der Waals surface area contributed by atoms with Gasteiger partial charge in [-0.05, 0) is 85.2 Å². The zero-order chi connectivity index (χ0) is 31.7. The number of carbonyl (C=O) groups excluding carboxylic acids is 3. The topological polar surface area (TPSA) is 118 Å². The van der Waals surface area contributed by atoms with Gasteiger partial charge in [0.05, 0.1) is 29.7 Å². The summed E-state index contributed by atoms with van der Waals surface area (Å²) in [6, 6.07) is 22.3. The summed E-state index contributed by atoms with van der Waals surface area (Å²) in [5.41, 5.74) is 3.38. The molecule has 6 unspecified atom stereocenters. The number of aryl methyl sites for hydroxylation is 1. The third kappa shape index (κ3) is 4.67. The van der Waals surface area contributed by atoms with Gasteiger partial charge in [0, 0.05) is 21.7 Å². The second-order valence-electron chi connectivity index (χ2n) is 12.4. The van der Waals surface area contributed by atoms with Crippen LogP contribution in [0.2, 0.25) is 0 Å². The van der Waals surface area contributed by atoms with E-state index >= 15 is 0 Å². The Bertz CT molecular complexity index is 1900. The van der Waals surface area contributed by atoms with Gasteiger partial charge in [0.25, 0.3) is 5.91 Å². The summed E-state index contributed by atoms with van der Waals surface area (Å²) in [7, 11) is 1.59. The maximum atomic E-state index is 13.9. The van der Waals surface area contributed by atoms with E-state index in [1.165, 1.54) is 16.2 Å². The van der Waals surface area contributed by atoms with Crippen molar-refractivity contribution in [3.8, 4) is 11.5 Å². The van der Waals surface area contributed by atoms with Crippen LogP contribution in [0.1, 0.15) is 28.3 Å². The van der Waals surface area contributed by atoms with E-state index in [0.717, 1.165) is 27.5 Å². The minimum Gasteiger partial charge on any atom is -0.497 e. The first-order chi connectivity index (χ1) is 22.3. The summed E-state index contributed by atoms with van der Waals surface area (Å²) in [4.78, 5) is 58.2. The quantitative estimate of drug-likeness (QED) is 0.255. The summed E-state index contributed by atoms with van der Waals surface area (Å²) in [5, 5.41) is 3.79. The van der Waals surface area contributed by atoms with Crippen LogP contribution in [0.25, 0.3) is 0 Å². The molecule has 2 bridgehead atoms. The predicted octanol–water partition coefficient (Wildman–Crippen LogP) is 5.45. The first-order valence-corrected chi connectivity index (χ1v) is 17.0. The van der Waals surface area contributed by atoms with Crippen LogP contribution < -0.4 is 24.6 Å². The Labute approximate surface area is 273 Å². The van der Waals surface area contributed by atoms with Crippen LogP contribution in [-0.2, 0) is 14.4 Å². The van der Waals surface area contributed by atoms with Gasteiger partial charge < -0.3 is 19.8 Å². The van der Waals surface area contributed by atoms with Crippen LogP contribution in [0.15, 0.2) is 82.6 Å². The molecular formula is C35H31N3O6S2. The van der Waals surface area contributed by atoms with Gasteiger partial charge in [0.2, 0.25) is 11.8 Å². The molecule has 46 heavy (non-hydrogen) atoms. The smallest absolute Gasteiger partial charge is 0.305 e. The lowest BCUT2D eigenvalue weighted by molar-refractivity contribution is -0.123. The fourth-order valence-electron chi connectivity index (χ4n) is 8.13. The van der Waals surface area contributed by atoms with Crippen LogP contribution in [0.3, 0.4) is 0 Å². The molecule has 2 aliphatic carbocycles. The fraction of sp³-hybridized carbons (Fsp3) is 0.314. The average Bonchev–Trinajstić information content (AvgIpc) is 3.80. The van der Waals surface area contributed by atoms with E-state index in [1.54, 1.807) is 43.1 Å². The van der Waals surface area contributed by atoms with E-state index in [2.05, 4.69) is 10.3 Å². The number of hydrogen-bond acceptors (Lipinski definition) is 8. The summed E-state index contributed by atoms with van der Waals surface area (Å²) in [5.74, 6) is 0.196. The van der Waals surface area contributed by atoms with Gasteiger partial charge in [-0.2, -0.15) is 0 Å². The largest absolute Gasteiger partial charge is 0.497 e. The molecule has 3 amide bonds. The number of hydrogen-bond donors (Lipinski definition) is 2. The highest BCUT2D eigenvalue weighted by molar-refractivity contribution is 8.00. The highest BCUT2D eigenvalue weighted by atomic mass is 32.2. The Morgan fingerprint density at radius 2 is 1.59 bits per heavy atom. The predicted molar refractivity (Wildman–Crippen MR) is 176 cm³/mol. The van der Waals surface area contributed by atoms with E-state index in [0.29, 0.717) is 22.9 Å². The third-order valence-corrected chi connectivity index (χ3v) is 12.6. The number of benzene rings is 3. The first kappa shape index (κ1) is 29.1. The van der Waals surface area contributed by atoms with E-state index in [1.807, 2.05) is 55.5 Å². The summed E-state index contributed by atoms with van der Waals surface area (Å²) >= 11 is 2.90. The number of ether oxygens (including phenoxy) is 2. The zero-order valence-electron chi connectivity index (χ0n) is 25.1. The molecule has 3 heterocycles. The van der Waals surface area contributed by atoms with Gasteiger partial charge >= 0.3 is 4.87 Å². The number of anilines is 2. The highest BCUT2D eigenvalue weighted by Crippen LogP contribution is 2.68. The van der Waals surface area contributed by atoms with Crippen molar-refractivity contribution < 1.29 is 23.9 Å². The molecule has 1 saturated heterocycles. The number of nitrogens with one attached hydrogen (secondary N) is 2. The second-order valence-corrected chi connectivity index (χ2v) is 14.6. The Kier molecular flexibility index (Phi) is 7.06. The number of H-pyrrole nitrogens is 1. The molecule has 3 aromatic carbocycles. The van der Waals surface area contributed by atoms with Crippen molar-refractivity contribution in [3.05, 3.63) is 98.5 Å². The molecule has 2 saturated carbocycles.